The van der Waals surface area contributed by atoms with E-state index in [1.807, 2.05) is 0 Å². The number of aryl methyl sites for hydroxylation is 1. The molecule has 0 bridgehead atoms. The Morgan fingerprint density at radius 1 is 1.23 bits per heavy atom. The van der Waals surface area contributed by atoms with Gasteiger partial charge in [-0.3, -0.25) is 4.79 Å². The van der Waals surface area contributed by atoms with Crippen LogP contribution in [-0.4, -0.2) is 19.5 Å². The topological polar surface area (TPSA) is 63.6 Å². The van der Waals surface area contributed by atoms with E-state index in [2.05, 4.69) is 51.8 Å². The lowest BCUT2D eigenvalue weighted by Gasteiger charge is -2.15. The average Bonchev–Trinajstić information content (AvgIpc) is 3.32. The lowest BCUT2D eigenvalue weighted by atomic mass is 10.1. The maximum Gasteiger partial charge on any atom is 0.279 e. The van der Waals surface area contributed by atoms with Gasteiger partial charge in [0.25, 0.3) is 5.56 Å². The zero-order chi connectivity index (χ0) is 17.9. The molecule has 1 aromatic carbocycles. The number of fused-ring (bicyclic) bond motifs is 1. The quantitative estimate of drug-likeness (QED) is 0.718. The highest BCUT2D eigenvalue weighted by atomic mass is 16.1. The van der Waals surface area contributed by atoms with Crippen LogP contribution in [0.15, 0.2) is 41.5 Å². The van der Waals surface area contributed by atoms with E-state index in [9.17, 15) is 4.79 Å². The Labute approximate surface area is 153 Å². The number of aromatic amines is 1. The molecule has 0 aliphatic heterocycles. The number of imidazole rings is 1. The maximum absolute atomic E-state index is 12.4. The van der Waals surface area contributed by atoms with Gasteiger partial charge in [0.05, 0.1) is 6.33 Å². The summed E-state index contributed by atoms with van der Waals surface area (Å²) in [7, 11) is 0. The van der Waals surface area contributed by atoms with Crippen LogP contribution >= 0.6 is 0 Å². The third-order valence-electron chi connectivity index (χ3n) is 5.60. The number of nitrogens with zero attached hydrogens (tertiary/aromatic N) is 3. The molecule has 136 valence electrons. The fourth-order valence-electron chi connectivity index (χ4n) is 4.04. The molecule has 1 unspecified atom stereocenters. The van der Waals surface area contributed by atoms with Gasteiger partial charge in [0.15, 0.2) is 11.2 Å². The number of hydrogen-bond acceptors (Lipinski definition) is 3. The molecule has 0 amide bonds. The molecule has 0 spiro atoms. The Bertz CT molecular complexity index is 922. The van der Waals surface area contributed by atoms with Gasteiger partial charge in [-0.15, -0.1) is 0 Å². The summed E-state index contributed by atoms with van der Waals surface area (Å²) in [4.78, 5) is 24.5. The van der Waals surface area contributed by atoms with Gasteiger partial charge < -0.3 is 9.55 Å². The summed E-state index contributed by atoms with van der Waals surface area (Å²) in [5, 5.41) is 0. The van der Waals surface area contributed by atoms with Gasteiger partial charge in [0.2, 0.25) is 0 Å². The van der Waals surface area contributed by atoms with Crippen LogP contribution in [0.25, 0.3) is 11.2 Å². The smallest absolute Gasteiger partial charge is 0.279 e. The predicted molar refractivity (Wildman–Crippen MR) is 103 cm³/mol. The van der Waals surface area contributed by atoms with Gasteiger partial charge in [0, 0.05) is 12.0 Å². The Hall–Kier alpha value is -2.43. The Balaban J connectivity index is 1.52. The summed E-state index contributed by atoms with van der Waals surface area (Å²) in [5.41, 5.74) is 2.46. The molecule has 1 aliphatic carbocycles. The first-order chi connectivity index (χ1) is 12.7. The third-order valence-corrected chi connectivity index (χ3v) is 5.60. The number of hydrogen-bond donors (Lipinski definition) is 1. The normalized spacial score (nSPS) is 16.3. The fourth-order valence-corrected chi connectivity index (χ4v) is 4.04. The lowest BCUT2D eigenvalue weighted by Crippen LogP contribution is -2.15. The molecule has 2 aromatic heterocycles. The number of nitrogens with one attached hydrogen (secondary N) is 1. The highest BCUT2D eigenvalue weighted by molar-refractivity contribution is 5.69. The monoisotopic (exact) mass is 350 g/mol. The molecule has 1 fully saturated rings. The third kappa shape index (κ3) is 3.43. The maximum atomic E-state index is 12.4. The van der Waals surface area contributed by atoms with Gasteiger partial charge in [-0.05, 0) is 44.6 Å². The second-order valence-corrected chi connectivity index (χ2v) is 7.48. The summed E-state index contributed by atoms with van der Waals surface area (Å²) in [5.74, 6) is 1.24. The minimum Gasteiger partial charge on any atom is -0.312 e. The lowest BCUT2D eigenvalue weighted by molar-refractivity contribution is 0.496. The standard InChI is InChI=1S/C21H26N4O/c1-15(8-7-11-16-9-3-2-4-10-16)25-14-22-18-20(25)23-19(24-21(18)26)17-12-5-6-13-17/h2-4,9-10,14-15,17H,5-8,11-13H2,1H3,(H,23,24,26). The Morgan fingerprint density at radius 3 is 2.77 bits per heavy atom. The molecular formula is C21H26N4O. The first kappa shape index (κ1) is 17.0. The van der Waals surface area contributed by atoms with Crippen molar-refractivity contribution in [1.82, 2.24) is 19.5 Å². The second kappa shape index (κ2) is 7.44. The Kier molecular flexibility index (Phi) is 4.87. The minimum absolute atomic E-state index is 0.105. The summed E-state index contributed by atoms with van der Waals surface area (Å²) < 4.78 is 2.08. The number of benzene rings is 1. The highest BCUT2D eigenvalue weighted by Gasteiger charge is 2.22. The Morgan fingerprint density at radius 2 is 2.00 bits per heavy atom. The van der Waals surface area contributed by atoms with Gasteiger partial charge in [-0.1, -0.05) is 43.2 Å². The van der Waals surface area contributed by atoms with Crippen LogP contribution in [-0.2, 0) is 6.42 Å². The first-order valence-corrected chi connectivity index (χ1v) is 9.73. The summed E-state index contributed by atoms with van der Waals surface area (Å²) in [6.45, 7) is 2.18. The minimum atomic E-state index is -0.105. The molecule has 5 heteroatoms. The van der Waals surface area contributed by atoms with Gasteiger partial charge >= 0.3 is 0 Å². The van der Waals surface area contributed by atoms with Crippen LogP contribution in [0, 0.1) is 0 Å². The van der Waals surface area contributed by atoms with Crippen molar-refractivity contribution >= 4 is 11.2 Å². The molecule has 2 heterocycles. The fraction of sp³-hybridized carbons (Fsp3) is 0.476. The molecule has 1 atom stereocenters. The van der Waals surface area contributed by atoms with Crippen LogP contribution in [0.3, 0.4) is 0 Å². The predicted octanol–water partition coefficient (Wildman–Crippen LogP) is 4.36. The van der Waals surface area contributed by atoms with E-state index in [4.69, 9.17) is 4.98 Å². The number of H-pyrrole nitrogens is 1. The van der Waals surface area contributed by atoms with E-state index < -0.39 is 0 Å². The summed E-state index contributed by atoms with van der Waals surface area (Å²) in [6.07, 6.45) is 9.67. The van der Waals surface area contributed by atoms with Crippen LogP contribution in [0.2, 0.25) is 0 Å². The second-order valence-electron chi connectivity index (χ2n) is 7.48. The van der Waals surface area contributed by atoms with E-state index in [0.29, 0.717) is 11.4 Å². The summed E-state index contributed by atoms with van der Waals surface area (Å²) >= 11 is 0. The first-order valence-electron chi connectivity index (χ1n) is 9.73. The van der Waals surface area contributed by atoms with Crippen LogP contribution in [0.5, 0.6) is 0 Å². The SMILES string of the molecule is CC(CCCc1ccccc1)n1cnc2c(=O)[nH]c(C3CCCC3)nc21. The molecular weight excluding hydrogens is 324 g/mol. The molecule has 0 radical (unpaired) electrons. The van der Waals surface area contributed by atoms with Crippen LogP contribution < -0.4 is 5.56 Å². The molecule has 1 saturated carbocycles. The van der Waals surface area contributed by atoms with E-state index in [1.165, 1.54) is 18.4 Å². The number of aromatic nitrogens is 4. The van der Waals surface area contributed by atoms with Crippen LogP contribution in [0.1, 0.15) is 68.8 Å². The molecule has 1 N–H and O–H groups in total. The van der Waals surface area contributed by atoms with E-state index in [0.717, 1.165) is 43.6 Å². The van der Waals surface area contributed by atoms with Gasteiger partial charge in [-0.2, -0.15) is 0 Å². The molecule has 1 aliphatic rings. The highest BCUT2D eigenvalue weighted by Crippen LogP contribution is 2.32. The van der Waals surface area contributed by atoms with E-state index in [1.54, 1.807) is 6.33 Å². The van der Waals surface area contributed by atoms with Crippen molar-refractivity contribution in [1.29, 1.82) is 0 Å². The summed E-state index contributed by atoms with van der Waals surface area (Å²) in [6, 6.07) is 10.8. The largest absolute Gasteiger partial charge is 0.312 e. The molecule has 26 heavy (non-hydrogen) atoms. The molecule has 4 rings (SSSR count). The van der Waals surface area contributed by atoms with Gasteiger partial charge in [0.1, 0.15) is 5.82 Å². The zero-order valence-corrected chi connectivity index (χ0v) is 15.3. The molecule has 0 saturated heterocycles. The van der Waals surface area contributed by atoms with Crippen LogP contribution in [0.4, 0.5) is 0 Å². The van der Waals surface area contributed by atoms with E-state index >= 15 is 0 Å². The van der Waals surface area contributed by atoms with Crippen molar-refractivity contribution in [2.75, 3.05) is 0 Å². The average molecular weight is 350 g/mol. The molecule has 5 nitrogen and oxygen atoms in total. The van der Waals surface area contributed by atoms with E-state index in [-0.39, 0.29) is 11.6 Å². The zero-order valence-electron chi connectivity index (χ0n) is 15.3. The van der Waals surface area contributed by atoms with Crippen molar-refractivity contribution in [2.45, 2.75) is 63.8 Å². The van der Waals surface area contributed by atoms with Crippen molar-refractivity contribution in [3.05, 3.63) is 58.4 Å². The van der Waals surface area contributed by atoms with Crippen molar-refractivity contribution in [3.63, 3.8) is 0 Å². The van der Waals surface area contributed by atoms with Crippen molar-refractivity contribution < 1.29 is 0 Å². The molecule has 3 aromatic rings. The van der Waals surface area contributed by atoms with Crippen molar-refractivity contribution in [2.24, 2.45) is 0 Å². The van der Waals surface area contributed by atoms with Crippen molar-refractivity contribution in [3.8, 4) is 0 Å². The number of rotatable bonds is 6. The van der Waals surface area contributed by atoms with Gasteiger partial charge in [-0.25, -0.2) is 9.97 Å².